The van der Waals surface area contributed by atoms with E-state index in [4.69, 9.17) is 0 Å². The third-order valence-electron chi connectivity index (χ3n) is 4.36. The third kappa shape index (κ3) is 7.40. The molecule has 0 unspecified atom stereocenters. The van der Waals surface area contributed by atoms with Gasteiger partial charge in [0, 0.05) is 12.3 Å². The zero-order chi connectivity index (χ0) is 16.3. The highest BCUT2D eigenvalue weighted by atomic mass is 32.2. The predicted octanol–water partition coefficient (Wildman–Crippen LogP) is 3.69. The average molecular weight is 335 g/mol. The minimum Gasteiger partial charge on any atom is -0.355 e. The Morgan fingerprint density at radius 2 is 1.87 bits per heavy atom. The van der Waals surface area contributed by atoms with Crippen LogP contribution in [-0.4, -0.2) is 42.2 Å². The predicted molar refractivity (Wildman–Crippen MR) is 99.7 cm³/mol. The Morgan fingerprint density at radius 3 is 2.57 bits per heavy atom. The van der Waals surface area contributed by atoms with E-state index in [1.54, 1.807) is 11.8 Å². The number of benzene rings is 1. The molecule has 0 bridgehead atoms. The smallest absolute Gasteiger partial charge is 0.232 e. The molecule has 4 heteroatoms. The van der Waals surface area contributed by atoms with Crippen LogP contribution in [0.1, 0.15) is 44.6 Å². The van der Waals surface area contributed by atoms with Crippen LogP contribution in [0.5, 0.6) is 0 Å². The first-order chi connectivity index (χ1) is 11.3. The summed E-state index contributed by atoms with van der Waals surface area (Å²) < 4.78 is 0. The summed E-state index contributed by atoms with van der Waals surface area (Å²) in [5, 5.41) is 3.10. The van der Waals surface area contributed by atoms with Gasteiger partial charge in [0.05, 0.1) is 5.25 Å². The SMILES string of the molecule is C[C@H](SCc1ccccc1)C(=O)NCCCN1CCCCCC1. The molecule has 1 atom stereocenters. The van der Waals surface area contributed by atoms with Gasteiger partial charge >= 0.3 is 0 Å². The van der Waals surface area contributed by atoms with Gasteiger partial charge in [0.2, 0.25) is 5.91 Å². The van der Waals surface area contributed by atoms with E-state index in [0.29, 0.717) is 0 Å². The van der Waals surface area contributed by atoms with Gasteiger partial charge in [0.25, 0.3) is 0 Å². The Labute approximate surface area is 145 Å². The van der Waals surface area contributed by atoms with Gasteiger partial charge in [0.1, 0.15) is 0 Å². The fraction of sp³-hybridized carbons (Fsp3) is 0.632. The van der Waals surface area contributed by atoms with Crippen molar-refractivity contribution in [3.05, 3.63) is 35.9 Å². The summed E-state index contributed by atoms with van der Waals surface area (Å²) in [7, 11) is 0. The van der Waals surface area contributed by atoms with Crippen molar-refractivity contribution in [2.75, 3.05) is 26.2 Å². The van der Waals surface area contributed by atoms with E-state index in [0.717, 1.165) is 25.3 Å². The first-order valence-electron chi connectivity index (χ1n) is 8.91. The van der Waals surface area contributed by atoms with E-state index >= 15 is 0 Å². The van der Waals surface area contributed by atoms with Crippen molar-refractivity contribution in [1.82, 2.24) is 10.2 Å². The molecule has 2 rings (SSSR count). The van der Waals surface area contributed by atoms with Crippen LogP contribution in [0, 0.1) is 0 Å². The molecule has 1 aromatic carbocycles. The standard InChI is InChI=1S/C19H30N2OS/c1-17(23-16-18-10-5-4-6-11-18)19(22)20-12-9-15-21-13-7-2-3-8-14-21/h4-6,10-11,17H,2-3,7-9,12-16H2,1H3,(H,20,22)/t17-/m0/s1. The van der Waals surface area contributed by atoms with Crippen LogP contribution in [-0.2, 0) is 10.5 Å². The molecule has 1 fully saturated rings. The van der Waals surface area contributed by atoms with E-state index in [1.807, 2.05) is 25.1 Å². The van der Waals surface area contributed by atoms with Crippen LogP contribution in [0.2, 0.25) is 0 Å². The number of hydrogen-bond acceptors (Lipinski definition) is 3. The maximum atomic E-state index is 12.1. The lowest BCUT2D eigenvalue weighted by atomic mass is 10.2. The molecule has 0 saturated carbocycles. The monoisotopic (exact) mass is 334 g/mol. The van der Waals surface area contributed by atoms with E-state index in [9.17, 15) is 4.79 Å². The fourth-order valence-electron chi connectivity index (χ4n) is 2.89. The van der Waals surface area contributed by atoms with Crippen LogP contribution in [0.15, 0.2) is 30.3 Å². The van der Waals surface area contributed by atoms with Crippen LogP contribution >= 0.6 is 11.8 Å². The zero-order valence-corrected chi connectivity index (χ0v) is 15.1. The van der Waals surface area contributed by atoms with Crippen LogP contribution < -0.4 is 5.32 Å². The minimum absolute atomic E-state index is 0.00777. The van der Waals surface area contributed by atoms with Crippen molar-refractivity contribution >= 4 is 17.7 Å². The first kappa shape index (κ1) is 18.3. The minimum atomic E-state index is 0.00777. The van der Waals surface area contributed by atoms with Gasteiger partial charge in [-0.1, -0.05) is 43.2 Å². The van der Waals surface area contributed by atoms with E-state index in [2.05, 4.69) is 22.3 Å². The average Bonchev–Trinajstić information content (AvgIpc) is 2.86. The summed E-state index contributed by atoms with van der Waals surface area (Å²) in [6.07, 6.45) is 6.48. The summed E-state index contributed by atoms with van der Waals surface area (Å²) in [5.74, 6) is 1.06. The molecule has 1 aliphatic rings. The fourth-order valence-corrected chi connectivity index (χ4v) is 3.76. The molecule has 0 spiro atoms. The van der Waals surface area contributed by atoms with E-state index < -0.39 is 0 Å². The molecular formula is C19H30N2OS. The highest BCUT2D eigenvalue weighted by Crippen LogP contribution is 2.17. The molecule has 1 N–H and O–H groups in total. The van der Waals surface area contributed by atoms with Crippen molar-refractivity contribution in [2.24, 2.45) is 0 Å². The summed E-state index contributed by atoms with van der Waals surface area (Å²) >= 11 is 1.70. The van der Waals surface area contributed by atoms with Crippen LogP contribution in [0.3, 0.4) is 0 Å². The van der Waals surface area contributed by atoms with Gasteiger partial charge in [-0.15, -0.1) is 11.8 Å². The molecule has 3 nitrogen and oxygen atoms in total. The third-order valence-corrected chi connectivity index (χ3v) is 5.58. The topological polar surface area (TPSA) is 32.3 Å². The molecule has 1 saturated heterocycles. The molecule has 128 valence electrons. The van der Waals surface area contributed by atoms with Gasteiger partial charge in [-0.3, -0.25) is 4.79 Å². The lowest BCUT2D eigenvalue weighted by Gasteiger charge is -2.20. The molecule has 0 aliphatic carbocycles. The molecule has 23 heavy (non-hydrogen) atoms. The van der Waals surface area contributed by atoms with Gasteiger partial charge in [0.15, 0.2) is 0 Å². The van der Waals surface area contributed by atoms with E-state index in [1.165, 1.54) is 44.3 Å². The molecule has 0 aromatic heterocycles. The van der Waals surface area contributed by atoms with Crippen molar-refractivity contribution in [2.45, 2.75) is 50.0 Å². The van der Waals surface area contributed by atoms with Gasteiger partial charge in [-0.2, -0.15) is 0 Å². The summed E-state index contributed by atoms with van der Waals surface area (Å²) in [6.45, 7) is 6.38. The number of thioether (sulfide) groups is 1. The maximum Gasteiger partial charge on any atom is 0.232 e. The Kier molecular flexibility index (Phi) is 8.54. The van der Waals surface area contributed by atoms with Crippen LogP contribution in [0.4, 0.5) is 0 Å². The van der Waals surface area contributed by atoms with Crippen LogP contribution in [0.25, 0.3) is 0 Å². The maximum absolute atomic E-state index is 12.1. The molecule has 1 amide bonds. The summed E-state index contributed by atoms with van der Waals surface area (Å²) in [6, 6.07) is 10.3. The van der Waals surface area contributed by atoms with Crippen molar-refractivity contribution in [3.63, 3.8) is 0 Å². The quantitative estimate of drug-likeness (QED) is 0.736. The summed E-state index contributed by atoms with van der Waals surface area (Å²) in [5.41, 5.74) is 1.28. The number of hydrogen-bond donors (Lipinski definition) is 1. The largest absolute Gasteiger partial charge is 0.355 e. The molecule has 0 radical (unpaired) electrons. The van der Waals surface area contributed by atoms with E-state index in [-0.39, 0.29) is 11.2 Å². The van der Waals surface area contributed by atoms with Crippen molar-refractivity contribution in [3.8, 4) is 0 Å². The Morgan fingerprint density at radius 1 is 1.17 bits per heavy atom. The Hall–Kier alpha value is -1.00. The number of carbonyl (C=O) groups is 1. The van der Waals surface area contributed by atoms with Gasteiger partial charge in [-0.05, 0) is 51.4 Å². The Balaban J connectivity index is 1.56. The molecule has 1 aliphatic heterocycles. The second-order valence-electron chi connectivity index (χ2n) is 6.34. The summed E-state index contributed by atoms with van der Waals surface area (Å²) in [4.78, 5) is 14.7. The van der Waals surface area contributed by atoms with Gasteiger partial charge < -0.3 is 10.2 Å². The number of amides is 1. The zero-order valence-electron chi connectivity index (χ0n) is 14.3. The number of likely N-dealkylation sites (tertiary alicyclic amines) is 1. The number of nitrogens with one attached hydrogen (secondary N) is 1. The number of nitrogens with zero attached hydrogens (tertiary/aromatic N) is 1. The lowest BCUT2D eigenvalue weighted by molar-refractivity contribution is -0.120. The highest BCUT2D eigenvalue weighted by Gasteiger charge is 2.13. The first-order valence-corrected chi connectivity index (χ1v) is 9.96. The number of rotatable bonds is 8. The second kappa shape index (κ2) is 10.7. The highest BCUT2D eigenvalue weighted by molar-refractivity contribution is 7.99. The van der Waals surface area contributed by atoms with Gasteiger partial charge in [-0.25, -0.2) is 0 Å². The molecule has 1 aromatic rings. The molecular weight excluding hydrogens is 304 g/mol. The van der Waals surface area contributed by atoms with Crippen molar-refractivity contribution in [1.29, 1.82) is 0 Å². The van der Waals surface area contributed by atoms with Crippen molar-refractivity contribution < 1.29 is 4.79 Å². The second-order valence-corrected chi connectivity index (χ2v) is 7.67. The number of carbonyl (C=O) groups excluding carboxylic acids is 1. The lowest BCUT2D eigenvalue weighted by Crippen LogP contribution is -2.34. The molecule has 1 heterocycles. The normalized spacial score (nSPS) is 17.4. The Bertz CT molecular complexity index is 444.